The van der Waals surface area contributed by atoms with Crippen molar-refractivity contribution in [1.29, 1.82) is 0 Å². The number of aromatic nitrogens is 3. The first-order valence-electron chi connectivity index (χ1n) is 7.62. The zero-order valence-electron chi connectivity index (χ0n) is 12.6. The molecule has 0 radical (unpaired) electrons. The highest BCUT2D eigenvalue weighted by Gasteiger charge is 2.22. The van der Waals surface area contributed by atoms with Gasteiger partial charge in [-0.25, -0.2) is 9.97 Å². The second-order valence-electron chi connectivity index (χ2n) is 5.77. The maximum Gasteiger partial charge on any atom is 0.242 e. The number of hydrogen-bond donors (Lipinski definition) is 1. The summed E-state index contributed by atoms with van der Waals surface area (Å²) in [6.07, 6.45) is 4.49. The Morgan fingerprint density at radius 3 is 3.04 bits per heavy atom. The Balaban J connectivity index is 1.54. The molecule has 1 aliphatic rings. The summed E-state index contributed by atoms with van der Waals surface area (Å²) >= 11 is 0. The Labute approximate surface area is 133 Å². The largest absolute Gasteiger partial charge is 0.368 e. The number of carbonyl (C=O) groups is 1. The van der Waals surface area contributed by atoms with Crippen LogP contribution in [0.15, 0.2) is 42.7 Å². The zero-order valence-corrected chi connectivity index (χ0v) is 12.6. The molecule has 1 aromatic carbocycles. The van der Waals surface area contributed by atoms with E-state index in [0.29, 0.717) is 19.6 Å². The van der Waals surface area contributed by atoms with Crippen LogP contribution in [0.2, 0.25) is 0 Å². The Bertz CT molecular complexity index is 886. The van der Waals surface area contributed by atoms with Crippen LogP contribution < -0.4 is 5.73 Å². The number of carbonyl (C=O) groups excluding carboxylic acids is 1. The summed E-state index contributed by atoms with van der Waals surface area (Å²) in [6.45, 7) is 1.53. The number of anilines is 1. The molecular weight excluding hydrogens is 290 g/mol. The van der Waals surface area contributed by atoms with Gasteiger partial charge in [0.1, 0.15) is 6.54 Å². The normalized spacial score (nSPS) is 14.0. The van der Waals surface area contributed by atoms with E-state index in [2.05, 4.69) is 9.97 Å². The smallest absolute Gasteiger partial charge is 0.242 e. The first kappa shape index (κ1) is 13.8. The lowest BCUT2D eigenvalue weighted by Crippen LogP contribution is -2.38. The maximum atomic E-state index is 12.6. The van der Waals surface area contributed by atoms with Crippen molar-refractivity contribution in [3.05, 3.63) is 54.0 Å². The van der Waals surface area contributed by atoms with Gasteiger partial charge in [-0.05, 0) is 29.5 Å². The van der Waals surface area contributed by atoms with Crippen LogP contribution in [0.3, 0.4) is 0 Å². The highest BCUT2D eigenvalue weighted by molar-refractivity contribution is 5.83. The third-order valence-electron chi connectivity index (χ3n) is 4.30. The molecule has 0 unspecified atom stereocenters. The van der Waals surface area contributed by atoms with Crippen molar-refractivity contribution >= 4 is 22.8 Å². The molecule has 3 heterocycles. The van der Waals surface area contributed by atoms with Gasteiger partial charge in [-0.2, -0.15) is 0 Å². The van der Waals surface area contributed by atoms with Crippen molar-refractivity contribution in [2.45, 2.75) is 19.5 Å². The molecule has 1 aliphatic heterocycles. The molecule has 6 heteroatoms. The molecule has 23 heavy (non-hydrogen) atoms. The monoisotopic (exact) mass is 307 g/mol. The van der Waals surface area contributed by atoms with Crippen molar-refractivity contribution in [3.8, 4) is 0 Å². The van der Waals surface area contributed by atoms with Crippen LogP contribution in [0.1, 0.15) is 11.3 Å². The number of nitrogen functional groups attached to an aromatic ring is 1. The van der Waals surface area contributed by atoms with E-state index >= 15 is 0 Å². The van der Waals surface area contributed by atoms with E-state index < -0.39 is 0 Å². The van der Waals surface area contributed by atoms with Crippen molar-refractivity contribution < 1.29 is 4.79 Å². The average molecular weight is 307 g/mol. The minimum Gasteiger partial charge on any atom is -0.368 e. The van der Waals surface area contributed by atoms with E-state index in [9.17, 15) is 4.79 Å². The van der Waals surface area contributed by atoms with E-state index in [1.807, 2.05) is 46.0 Å². The summed E-state index contributed by atoms with van der Waals surface area (Å²) in [5.74, 6) is 0.351. The number of hydrogen-bond acceptors (Lipinski definition) is 4. The van der Waals surface area contributed by atoms with Crippen molar-refractivity contribution in [2.24, 2.45) is 0 Å². The molecule has 2 aromatic heterocycles. The molecule has 1 amide bonds. The van der Waals surface area contributed by atoms with Crippen LogP contribution >= 0.6 is 0 Å². The average Bonchev–Trinajstić information content (AvgIpc) is 2.97. The summed E-state index contributed by atoms with van der Waals surface area (Å²) < 4.78 is 1.99. The van der Waals surface area contributed by atoms with Gasteiger partial charge in [-0.15, -0.1) is 0 Å². The number of para-hydroxylation sites is 1. The fraction of sp³-hybridized carbons (Fsp3) is 0.235. The number of nitrogens with zero attached hydrogens (tertiary/aromatic N) is 4. The molecule has 0 saturated carbocycles. The minimum absolute atomic E-state index is 0.0918. The summed E-state index contributed by atoms with van der Waals surface area (Å²) in [4.78, 5) is 22.7. The standard InChI is InChI=1S/C17H17N5O/c18-17-19-9-13-6-8-22(10-14(13)20-17)16(23)11-21-7-5-12-3-1-2-4-15(12)21/h1-5,7,9H,6,8,10-11H2,(H2,18,19,20). The fourth-order valence-electron chi connectivity index (χ4n) is 3.06. The SMILES string of the molecule is Nc1ncc2c(n1)CN(C(=O)Cn1ccc3ccccc31)CC2. The lowest BCUT2D eigenvalue weighted by molar-refractivity contribution is -0.132. The molecule has 116 valence electrons. The van der Waals surface area contributed by atoms with Crippen LogP contribution in [0, 0.1) is 0 Å². The molecule has 0 saturated heterocycles. The van der Waals surface area contributed by atoms with E-state index in [-0.39, 0.29) is 11.9 Å². The second kappa shape index (κ2) is 5.39. The van der Waals surface area contributed by atoms with E-state index in [1.165, 1.54) is 0 Å². The molecule has 0 spiro atoms. The van der Waals surface area contributed by atoms with Gasteiger partial charge in [-0.1, -0.05) is 18.2 Å². The fourth-order valence-corrected chi connectivity index (χ4v) is 3.06. The van der Waals surface area contributed by atoms with Crippen LogP contribution in [0.5, 0.6) is 0 Å². The van der Waals surface area contributed by atoms with Crippen LogP contribution in [0.4, 0.5) is 5.95 Å². The number of nitrogens with two attached hydrogens (primary N) is 1. The predicted molar refractivity (Wildman–Crippen MR) is 87.5 cm³/mol. The first-order chi connectivity index (χ1) is 11.2. The van der Waals surface area contributed by atoms with Crippen molar-refractivity contribution in [3.63, 3.8) is 0 Å². The molecule has 0 fully saturated rings. The Morgan fingerprint density at radius 1 is 1.26 bits per heavy atom. The summed E-state index contributed by atoms with van der Waals surface area (Å²) in [6, 6.07) is 10.1. The Hall–Kier alpha value is -2.89. The Morgan fingerprint density at radius 2 is 2.13 bits per heavy atom. The number of rotatable bonds is 2. The van der Waals surface area contributed by atoms with Gasteiger partial charge in [0.05, 0.1) is 12.2 Å². The number of amides is 1. The van der Waals surface area contributed by atoms with Gasteiger partial charge in [0, 0.05) is 24.5 Å². The molecule has 2 N–H and O–H groups in total. The summed E-state index contributed by atoms with van der Waals surface area (Å²) in [7, 11) is 0. The van der Waals surface area contributed by atoms with Crippen molar-refractivity contribution in [2.75, 3.05) is 12.3 Å². The lowest BCUT2D eigenvalue weighted by atomic mass is 10.1. The highest BCUT2D eigenvalue weighted by Crippen LogP contribution is 2.19. The van der Waals surface area contributed by atoms with E-state index in [4.69, 9.17) is 5.73 Å². The molecule has 6 nitrogen and oxygen atoms in total. The zero-order chi connectivity index (χ0) is 15.8. The van der Waals surface area contributed by atoms with Gasteiger partial charge in [0.25, 0.3) is 0 Å². The summed E-state index contributed by atoms with van der Waals surface area (Å²) in [5, 5.41) is 1.14. The number of benzene rings is 1. The van der Waals surface area contributed by atoms with Crippen LogP contribution in [-0.2, 0) is 24.3 Å². The summed E-state index contributed by atoms with van der Waals surface area (Å²) in [5.41, 5.74) is 8.65. The molecule has 3 aromatic rings. The molecule has 0 atom stereocenters. The minimum atomic E-state index is 0.0918. The van der Waals surface area contributed by atoms with Gasteiger partial charge >= 0.3 is 0 Å². The van der Waals surface area contributed by atoms with E-state index in [0.717, 1.165) is 28.6 Å². The first-order valence-corrected chi connectivity index (χ1v) is 7.62. The van der Waals surface area contributed by atoms with Gasteiger partial charge in [-0.3, -0.25) is 4.79 Å². The molecule has 0 aliphatic carbocycles. The molecule has 4 rings (SSSR count). The maximum absolute atomic E-state index is 12.6. The van der Waals surface area contributed by atoms with Gasteiger partial charge < -0.3 is 15.2 Å². The third-order valence-corrected chi connectivity index (χ3v) is 4.30. The van der Waals surface area contributed by atoms with Gasteiger partial charge in [0.15, 0.2) is 0 Å². The Kier molecular flexibility index (Phi) is 3.22. The lowest BCUT2D eigenvalue weighted by Gasteiger charge is -2.28. The quantitative estimate of drug-likeness (QED) is 0.780. The van der Waals surface area contributed by atoms with Gasteiger partial charge in [0.2, 0.25) is 11.9 Å². The van der Waals surface area contributed by atoms with Crippen LogP contribution in [0.25, 0.3) is 10.9 Å². The topological polar surface area (TPSA) is 77.0 Å². The van der Waals surface area contributed by atoms with Crippen LogP contribution in [-0.4, -0.2) is 31.9 Å². The second-order valence-corrected chi connectivity index (χ2v) is 5.77. The highest BCUT2D eigenvalue weighted by atomic mass is 16.2. The molecular formula is C17H17N5O. The molecule has 0 bridgehead atoms. The predicted octanol–water partition coefficient (Wildman–Crippen LogP) is 1.60. The number of fused-ring (bicyclic) bond motifs is 2. The third kappa shape index (κ3) is 2.52. The van der Waals surface area contributed by atoms with E-state index in [1.54, 1.807) is 6.20 Å². The van der Waals surface area contributed by atoms with Crippen molar-refractivity contribution in [1.82, 2.24) is 19.4 Å².